The molecule has 0 spiro atoms. The Morgan fingerprint density at radius 3 is 2.00 bits per heavy atom. The first-order valence-corrected chi connectivity index (χ1v) is 8.09. The lowest BCUT2D eigenvalue weighted by Gasteiger charge is -2.25. The van der Waals surface area contributed by atoms with Crippen molar-refractivity contribution in [2.75, 3.05) is 27.7 Å². The van der Waals surface area contributed by atoms with Gasteiger partial charge in [-0.05, 0) is 37.9 Å². The van der Waals surface area contributed by atoms with Gasteiger partial charge in [0.2, 0.25) is 0 Å². The first kappa shape index (κ1) is 14.2. The van der Waals surface area contributed by atoms with Crippen LogP contribution in [0.3, 0.4) is 0 Å². The monoisotopic (exact) mass is 300 g/mol. The number of hydrogen-bond acceptors (Lipinski definition) is 0. The Morgan fingerprint density at radius 2 is 1.35 bits per heavy atom. The molecular formula is C22H22N+. The second-order valence-corrected chi connectivity index (χ2v) is 7.52. The largest absolute Gasteiger partial charge is 0.327 e. The van der Waals surface area contributed by atoms with Crippen LogP contribution in [0.4, 0.5) is 0 Å². The normalized spacial score (nSPS) is 12.5. The summed E-state index contributed by atoms with van der Waals surface area (Å²) in [7, 11) is 6.63. The van der Waals surface area contributed by atoms with Crippen LogP contribution in [0.25, 0.3) is 37.9 Å². The predicted octanol–water partition coefficient (Wildman–Crippen LogP) is 5.30. The van der Waals surface area contributed by atoms with Crippen LogP contribution >= 0.6 is 0 Å². The summed E-state index contributed by atoms with van der Waals surface area (Å²) in [6.07, 6.45) is 0. The second kappa shape index (κ2) is 4.81. The average Bonchev–Trinajstić information content (AvgIpc) is 2.50. The van der Waals surface area contributed by atoms with Gasteiger partial charge in [-0.2, -0.15) is 0 Å². The van der Waals surface area contributed by atoms with E-state index in [2.05, 4.69) is 82.3 Å². The average molecular weight is 300 g/mol. The summed E-state index contributed by atoms with van der Waals surface area (Å²) in [5.41, 5.74) is 2.49. The Morgan fingerprint density at radius 1 is 0.783 bits per heavy atom. The van der Waals surface area contributed by atoms with E-state index in [9.17, 15) is 0 Å². The highest BCUT2D eigenvalue weighted by Crippen LogP contribution is 2.37. The van der Waals surface area contributed by atoms with E-state index in [4.69, 9.17) is 0 Å². The second-order valence-electron chi connectivity index (χ2n) is 7.52. The van der Waals surface area contributed by atoms with E-state index in [-0.39, 0.29) is 0 Å². The smallest absolute Gasteiger partial charge is 0.104 e. The summed E-state index contributed by atoms with van der Waals surface area (Å²) in [4.78, 5) is 0. The van der Waals surface area contributed by atoms with E-state index in [0.29, 0.717) is 0 Å². The zero-order valence-corrected chi connectivity index (χ0v) is 14.1. The highest BCUT2D eigenvalue weighted by molar-refractivity contribution is 6.24. The molecule has 0 saturated carbocycles. The molecule has 0 heterocycles. The van der Waals surface area contributed by atoms with E-state index < -0.39 is 0 Å². The van der Waals surface area contributed by atoms with Crippen molar-refractivity contribution in [2.45, 2.75) is 0 Å². The number of benzene rings is 4. The van der Waals surface area contributed by atoms with Crippen LogP contribution in [0.15, 0.2) is 61.2 Å². The van der Waals surface area contributed by atoms with Crippen LogP contribution in [0, 0.1) is 0 Å². The Balaban J connectivity index is 2.06. The minimum atomic E-state index is 0.890. The van der Waals surface area contributed by atoms with Gasteiger partial charge < -0.3 is 4.48 Å². The zero-order valence-electron chi connectivity index (χ0n) is 14.1. The van der Waals surface area contributed by atoms with Crippen LogP contribution in [0.5, 0.6) is 0 Å². The molecule has 0 N–H and O–H groups in total. The molecule has 114 valence electrons. The lowest BCUT2D eigenvalue weighted by Crippen LogP contribution is -2.35. The molecule has 0 amide bonds. The van der Waals surface area contributed by atoms with Crippen molar-refractivity contribution in [3.63, 3.8) is 0 Å². The van der Waals surface area contributed by atoms with E-state index in [1.54, 1.807) is 0 Å². The molecule has 0 fully saturated rings. The predicted molar refractivity (Wildman–Crippen MR) is 102 cm³/mol. The number of nitrogens with zero attached hydrogens (tertiary/aromatic N) is 1. The van der Waals surface area contributed by atoms with Crippen molar-refractivity contribution < 1.29 is 4.48 Å². The molecule has 0 aliphatic heterocycles. The van der Waals surface area contributed by atoms with Crippen molar-refractivity contribution in [3.8, 4) is 0 Å². The van der Waals surface area contributed by atoms with Crippen molar-refractivity contribution in [1.29, 1.82) is 0 Å². The first-order chi connectivity index (χ1) is 10.9. The minimum Gasteiger partial charge on any atom is -0.327 e. The van der Waals surface area contributed by atoms with E-state index in [1.807, 2.05) is 0 Å². The summed E-state index contributed by atoms with van der Waals surface area (Å²) in [6.45, 7) is 5.33. The number of hydrogen-bond donors (Lipinski definition) is 0. The summed E-state index contributed by atoms with van der Waals surface area (Å²) in [5.74, 6) is 0. The van der Waals surface area contributed by atoms with Crippen molar-refractivity contribution in [2.24, 2.45) is 0 Å². The van der Waals surface area contributed by atoms with Crippen LogP contribution in [-0.4, -0.2) is 32.2 Å². The van der Waals surface area contributed by atoms with E-state index >= 15 is 0 Å². The molecule has 1 nitrogen and oxygen atoms in total. The van der Waals surface area contributed by atoms with Crippen molar-refractivity contribution in [3.05, 3.63) is 66.7 Å². The van der Waals surface area contributed by atoms with Gasteiger partial charge in [-0.3, -0.25) is 0 Å². The van der Waals surface area contributed by atoms with Gasteiger partial charge in [0, 0.05) is 5.57 Å². The zero-order chi connectivity index (χ0) is 16.2. The molecule has 4 aromatic rings. The van der Waals surface area contributed by atoms with Gasteiger partial charge in [0.05, 0.1) is 21.1 Å². The van der Waals surface area contributed by atoms with Gasteiger partial charge >= 0.3 is 0 Å². The third-order valence-electron chi connectivity index (χ3n) is 4.57. The summed E-state index contributed by atoms with van der Waals surface area (Å²) < 4.78 is 0.890. The van der Waals surface area contributed by atoms with Crippen LogP contribution in [0.1, 0.15) is 5.56 Å². The molecule has 1 heteroatoms. The molecule has 0 aliphatic rings. The van der Waals surface area contributed by atoms with Crippen LogP contribution in [-0.2, 0) is 0 Å². The highest BCUT2D eigenvalue weighted by Gasteiger charge is 2.16. The third kappa shape index (κ3) is 2.29. The fourth-order valence-electron chi connectivity index (χ4n) is 3.70. The van der Waals surface area contributed by atoms with Crippen molar-refractivity contribution in [1.82, 2.24) is 0 Å². The molecule has 0 aromatic heterocycles. The Bertz CT molecular complexity index is 1020. The molecule has 4 rings (SSSR count). The first-order valence-electron chi connectivity index (χ1n) is 8.09. The van der Waals surface area contributed by atoms with Gasteiger partial charge in [-0.25, -0.2) is 0 Å². The molecule has 23 heavy (non-hydrogen) atoms. The maximum atomic E-state index is 4.38. The van der Waals surface area contributed by atoms with Gasteiger partial charge in [0.15, 0.2) is 0 Å². The fourth-order valence-corrected chi connectivity index (χ4v) is 3.70. The molecule has 0 radical (unpaired) electrons. The summed E-state index contributed by atoms with van der Waals surface area (Å²) in [5, 5.41) is 8.02. The number of rotatable bonds is 3. The lowest BCUT2D eigenvalue weighted by molar-refractivity contribution is -0.862. The highest BCUT2D eigenvalue weighted by atomic mass is 15.3. The Kier molecular flexibility index (Phi) is 2.97. The third-order valence-corrected chi connectivity index (χ3v) is 4.57. The molecule has 4 aromatic carbocycles. The quantitative estimate of drug-likeness (QED) is 0.355. The maximum absolute atomic E-state index is 4.38. The van der Waals surface area contributed by atoms with E-state index in [0.717, 1.165) is 11.0 Å². The molecule has 0 saturated heterocycles. The minimum absolute atomic E-state index is 0.890. The van der Waals surface area contributed by atoms with Crippen molar-refractivity contribution >= 4 is 37.9 Å². The summed E-state index contributed by atoms with van der Waals surface area (Å²) >= 11 is 0. The van der Waals surface area contributed by atoms with Gasteiger partial charge in [-0.15, -0.1) is 0 Å². The standard InChI is InChI=1S/C22H22N/c1-15(14-23(2,3)4)19-12-10-18-9-8-16-6-5-7-17-11-13-20(19)22(18)21(16)17/h5-13H,1,14H2,2-4H3/q+1. The molecule has 0 atom stereocenters. The van der Waals surface area contributed by atoms with E-state index in [1.165, 1.54) is 43.5 Å². The topological polar surface area (TPSA) is 0 Å². The van der Waals surface area contributed by atoms with Gasteiger partial charge in [0.25, 0.3) is 0 Å². The number of quaternary nitrogens is 1. The maximum Gasteiger partial charge on any atom is 0.104 e. The lowest BCUT2D eigenvalue weighted by atomic mass is 9.90. The Hall–Kier alpha value is -2.38. The molecule has 0 bridgehead atoms. The SMILES string of the molecule is C=C(C[N+](C)(C)C)c1ccc2ccc3cccc4ccc1c2c34. The Labute approximate surface area is 137 Å². The molecule has 0 unspecified atom stereocenters. The summed E-state index contributed by atoms with van der Waals surface area (Å²) in [6, 6.07) is 20.0. The van der Waals surface area contributed by atoms with Crippen LogP contribution < -0.4 is 0 Å². The molecule has 0 aliphatic carbocycles. The van der Waals surface area contributed by atoms with Crippen LogP contribution in [0.2, 0.25) is 0 Å². The number of likely N-dealkylation sites (N-methyl/N-ethyl adjacent to an activating group) is 1. The van der Waals surface area contributed by atoms with Gasteiger partial charge in [-0.1, -0.05) is 61.2 Å². The fraction of sp³-hybridized carbons (Fsp3) is 0.182. The van der Waals surface area contributed by atoms with Gasteiger partial charge in [0.1, 0.15) is 6.54 Å². The molecular weight excluding hydrogens is 278 g/mol.